The molecule has 0 aromatic heterocycles. The summed E-state index contributed by atoms with van der Waals surface area (Å²) >= 11 is 18.7. The highest BCUT2D eigenvalue weighted by Crippen LogP contribution is 2.49. The van der Waals surface area contributed by atoms with E-state index >= 15 is 0 Å². The third-order valence-electron chi connectivity index (χ3n) is 4.76. The van der Waals surface area contributed by atoms with Crippen molar-refractivity contribution in [3.05, 3.63) is 68.7 Å². The molecule has 1 N–H and O–H groups in total. The summed E-state index contributed by atoms with van der Waals surface area (Å²) in [7, 11) is 0. The second-order valence-electron chi connectivity index (χ2n) is 6.69. The summed E-state index contributed by atoms with van der Waals surface area (Å²) in [6, 6.07) is 7.90. The van der Waals surface area contributed by atoms with Crippen molar-refractivity contribution in [3.63, 3.8) is 0 Å². The second-order valence-corrected chi connectivity index (χ2v) is 11.3. The van der Waals surface area contributed by atoms with Gasteiger partial charge >= 0.3 is 6.18 Å². The van der Waals surface area contributed by atoms with Crippen LogP contribution in [0.25, 0.3) is 0 Å². The predicted molar refractivity (Wildman–Crippen MR) is 110 cm³/mol. The zero-order chi connectivity index (χ0) is 20.9. The highest BCUT2D eigenvalue weighted by Gasteiger charge is 2.56. The Kier molecular flexibility index (Phi) is 5.98. The van der Waals surface area contributed by atoms with Crippen LogP contribution in [0.1, 0.15) is 39.9 Å². The predicted octanol–water partition coefficient (Wildman–Crippen LogP) is 6.91. The Morgan fingerprint density at radius 1 is 1.11 bits per heavy atom. The highest BCUT2D eigenvalue weighted by atomic mass is 79.9. The van der Waals surface area contributed by atoms with Crippen LogP contribution in [0.4, 0.5) is 13.2 Å². The number of aryl methyl sites for hydroxylation is 1. The van der Waals surface area contributed by atoms with Crippen LogP contribution < -0.4 is 0 Å². The van der Waals surface area contributed by atoms with Crippen LogP contribution in [0.3, 0.4) is 0 Å². The van der Waals surface area contributed by atoms with Gasteiger partial charge in [-0.25, -0.2) is 0 Å². The molecule has 0 spiro atoms. The topological polar surface area (TPSA) is 37.3 Å². The van der Waals surface area contributed by atoms with E-state index in [4.69, 9.17) is 23.2 Å². The summed E-state index contributed by atoms with van der Waals surface area (Å²) in [4.78, 5) is 12.7. The smallest absolute Gasteiger partial charge is 0.376 e. The molecule has 9 heteroatoms. The van der Waals surface area contributed by atoms with Crippen molar-refractivity contribution in [2.45, 2.75) is 34.3 Å². The van der Waals surface area contributed by atoms with Crippen molar-refractivity contribution in [2.24, 2.45) is 0 Å². The third kappa shape index (κ3) is 4.15. The van der Waals surface area contributed by atoms with Crippen molar-refractivity contribution in [3.8, 4) is 0 Å². The van der Waals surface area contributed by atoms with E-state index in [0.717, 1.165) is 29.7 Å². The molecule has 1 aliphatic carbocycles. The first-order chi connectivity index (χ1) is 12.8. The van der Waals surface area contributed by atoms with Gasteiger partial charge in [0.1, 0.15) is 3.23 Å². The standard InChI is InChI=1S/C19H13Br2Cl2F3O2/c20-18(21)4-3-10-5-11(1-2-15(10)18)16(27)9-17(28,19(24,25)26)12-6-13(22)8-14(23)7-12/h1-2,5-8,28H,3-4,9H2/t17-/m1/s1. The molecule has 1 aliphatic rings. The molecule has 3 rings (SSSR count). The average Bonchev–Trinajstić information content (AvgIpc) is 2.87. The van der Waals surface area contributed by atoms with E-state index in [2.05, 4.69) is 31.9 Å². The zero-order valence-electron chi connectivity index (χ0n) is 14.1. The number of rotatable bonds is 4. The fourth-order valence-corrected chi connectivity index (χ4v) is 4.95. The summed E-state index contributed by atoms with van der Waals surface area (Å²) in [5, 5.41) is 10.4. The highest BCUT2D eigenvalue weighted by molar-refractivity contribution is 9.24. The first kappa shape index (κ1) is 22.1. The minimum absolute atomic E-state index is 0.0684. The molecular weight excluding hydrogens is 548 g/mol. The zero-order valence-corrected chi connectivity index (χ0v) is 18.8. The molecule has 28 heavy (non-hydrogen) atoms. The maximum absolute atomic E-state index is 13.7. The van der Waals surface area contributed by atoms with Crippen molar-refractivity contribution >= 4 is 60.8 Å². The number of carbonyl (C=O) groups is 1. The molecule has 0 saturated heterocycles. The Hall–Kier alpha value is -0.600. The molecule has 0 heterocycles. The lowest BCUT2D eigenvalue weighted by atomic mass is 9.86. The monoisotopic (exact) mass is 558 g/mol. The van der Waals surface area contributed by atoms with Gasteiger partial charge in [0.15, 0.2) is 11.4 Å². The van der Waals surface area contributed by atoms with Gasteiger partial charge in [-0.2, -0.15) is 13.2 Å². The lowest BCUT2D eigenvalue weighted by Gasteiger charge is -2.31. The molecule has 0 saturated carbocycles. The number of hydrogen-bond acceptors (Lipinski definition) is 2. The van der Waals surface area contributed by atoms with Crippen molar-refractivity contribution < 1.29 is 23.1 Å². The molecule has 2 aromatic carbocycles. The molecule has 0 amide bonds. The summed E-state index contributed by atoms with van der Waals surface area (Å²) < 4.78 is 40.8. The fraction of sp³-hybridized carbons (Fsp3) is 0.316. The third-order valence-corrected chi connectivity index (χ3v) is 6.84. The molecule has 1 atom stereocenters. The van der Waals surface area contributed by atoms with E-state index in [9.17, 15) is 23.1 Å². The van der Waals surface area contributed by atoms with E-state index < -0.39 is 32.8 Å². The molecule has 2 aromatic rings. The Balaban J connectivity index is 1.97. The van der Waals surface area contributed by atoms with Crippen LogP contribution in [0.15, 0.2) is 36.4 Å². The quantitative estimate of drug-likeness (QED) is 0.326. The van der Waals surface area contributed by atoms with E-state index in [-0.39, 0.29) is 15.6 Å². The lowest BCUT2D eigenvalue weighted by molar-refractivity contribution is -0.264. The second kappa shape index (κ2) is 7.58. The number of hydrogen-bond donors (Lipinski definition) is 1. The average molecular weight is 561 g/mol. The Morgan fingerprint density at radius 2 is 1.71 bits per heavy atom. The van der Waals surface area contributed by atoms with Crippen molar-refractivity contribution in [1.29, 1.82) is 0 Å². The number of halogens is 7. The number of alkyl halides is 5. The first-order valence-electron chi connectivity index (χ1n) is 8.13. The van der Waals surface area contributed by atoms with Crippen LogP contribution in [-0.2, 0) is 15.3 Å². The molecular formula is C19H13Br2Cl2F3O2. The lowest BCUT2D eigenvalue weighted by Crippen LogP contribution is -2.44. The summed E-state index contributed by atoms with van der Waals surface area (Å²) in [6.45, 7) is 0. The summed E-state index contributed by atoms with van der Waals surface area (Å²) in [6.07, 6.45) is -4.87. The summed E-state index contributed by atoms with van der Waals surface area (Å²) in [5.74, 6) is -0.833. The van der Waals surface area contributed by atoms with Crippen LogP contribution >= 0.6 is 55.1 Å². The van der Waals surface area contributed by atoms with Gasteiger partial charge in [0, 0.05) is 15.6 Å². The van der Waals surface area contributed by atoms with Gasteiger partial charge < -0.3 is 5.11 Å². The fourth-order valence-electron chi connectivity index (χ4n) is 3.25. The molecule has 0 unspecified atom stereocenters. The normalized spacial score (nSPS) is 17.9. The van der Waals surface area contributed by atoms with Crippen LogP contribution in [0.2, 0.25) is 10.0 Å². The molecule has 0 aliphatic heterocycles. The number of carbonyl (C=O) groups excluding carboxylic acids is 1. The van der Waals surface area contributed by atoms with Crippen LogP contribution in [-0.4, -0.2) is 17.1 Å². The van der Waals surface area contributed by atoms with Gasteiger partial charge in [0.05, 0.1) is 6.42 Å². The molecule has 0 bridgehead atoms. The SMILES string of the molecule is O=C(C[C@@](O)(c1cc(Cl)cc(Cl)c1)C(F)(F)F)c1ccc2c(c1)CCC2(Br)Br. The Labute approximate surface area is 186 Å². The molecule has 0 fully saturated rings. The summed E-state index contributed by atoms with van der Waals surface area (Å²) in [5.41, 5.74) is -2.09. The number of ketones is 1. The minimum Gasteiger partial charge on any atom is -0.376 e. The van der Waals surface area contributed by atoms with Crippen molar-refractivity contribution in [1.82, 2.24) is 0 Å². The van der Waals surface area contributed by atoms with Crippen LogP contribution in [0.5, 0.6) is 0 Å². The molecule has 150 valence electrons. The van der Waals surface area contributed by atoms with Crippen LogP contribution in [0, 0.1) is 0 Å². The number of fused-ring (bicyclic) bond motifs is 1. The van der Waals surface area contributed by atoms with E-state index in [1.54, 1.807) is 12.1 Å². The van der Waals surface area contributed by atoms with E-state index in [1.807, 2.05) is 0 Å². The maximum Gasteiger partial charge on any atom is 0.421 e. The van der Waals surface area contributed by atoms with Gasteiger partial charge in [-0.3, -0.25) is 4.79 Å². The number of benzene rings is 2. The van der Waals surface area contributed by atoms with E-state index in [0.29, 0.717) is 6.42 Å². The Bertz CT molecular complexity index is 927. The number of aliphatic hydroxyl groups is 1. The van der Waals surface area contributed by atoms with Crippen molar-refractivity contribution in [2.75, 3.05) is 0 Å². The van der Waals surface area contributed by atoms with Gasteiger partial charge in [0.2, 0.25) is 0 Å². The van der Waals surface area contributed by atoms with E-state index in [1.165, 1.54) is 12.1 Å². The first-order valence-corrected chi connectivity index (χ1v) is 10.5. The minimum atomic E-state index is -5.10. The van der Waals surface area contributed by atoms with Gasteiger partial charge in [-0.1, -0.05) is 67.2 Å². The molecule has 2 nitrogen and oxygen atoms in total. The Morgan fingerprint density at radius 3 is 2.29 bits per heavy atom. The molecule has 0 radical (unpaired) electrons. The van der Waals surface area contributed by atoms with Gasteiger partial charge in [0.25, 0.3) is 0 Å². The number of Topliss-reactive ketones (excluding diaryl/α,β-unsaturated/α-hetero) is 1. The van der Waals surface area contributed by atoms with Gasteiger partial charge in [-0.05, 0) is 53.8 Å². The maximum atomic E-state index is 13.7. The van der Waals surface area contributed by atoms with Gasteiger partial charge in [-0.15, -0.1) is 0 Å². The largest absolute Gasteiger partial charge is 0.421 e.